The van der Waals surface area contributed by atoms with Crippen LogP contribution in [0.15, 0.2) is 18.3 Å². The number of thiazole rings is 1. The van der Waals surface area contributed by atoms with Crippen LogP contribution in [0.1, 0.15) is 49.9 Å². The van der Waals surface area contributed by atoms with E-state index in [4.69, 9.17) is 0 Å². The molecular formula is C18H19F2N3O2S. The van der Waals surface area contributed by atoms with Gasteiger partial charge in [0.1, 0.15) is 16.4 Å². The van der Waals surface area contributed by atoms with E-state index >= 15 is 0 Å². The Morgan fingerprint density at radius 3 is 2.58 bits per heavy atom. The maximum Gasteiger partial charge on any atom is 0.267 e. The van der Waals surface area contributed by atoms with Crippen molar-refractivity contribution in [3.05, 3.63) is 45.2 Å². The maximum absolute atomic E-state index is 14.2. The van der Waals surface area contributed by atoms with Gasteiger partial charge < -0.3 is 10.6 Å². The minimum absolute atomic E-state index is 0.138. The Balaban J connectivity index is 1.75. The van der Waals surface area contributed by atoms with Gasteiger partial charge in [-0.05, 0) is 50.8 Å². The highest BCUT2D eigenvalue weighted by atomic mass is 32.1. The molecule has 2 aromatic rings. The molecule has 8 heteroatoms. The molecule has 0 radical (unpaired) electrons. The van der Waals surface area contributed by atoms with Crippen LogP contribution in [-0.4, -0.2) is 29.0 Å². The average molecular weight is 379 g/mol. The fraction of sp³-hybridized carbons (Fsp3) is 0.389. The van der Waals surface area contributed by atoms with Gasteiger partial charge in [0.15, 0.2) is 0 Å². The number of amides is 2. The van der Waals surface area contributed by atoms with Crippen molar-refractivity contribution in [3.8, 4) is 0 Å². The zero-order valence-electron chi connectivity index (χ0n) is 14.5. The number of aromatic nitrogens is 1. The largest absolute Gasteiger partial charge is 0.349 e. The third-order valence-corrected chi connectivity index (χ3v) is 5.38. The zero-order valence-corrected chi connectivity index (χ0v) is 15.3. The summed E-state index contributed by atoms with van der Waals surface area (Å²) in [5.74, 6) is -1.79. The first-order chi connectivity index (χ1) is 12.3. The molecule has 0 bridgehead atoms. The van der Waals surface area contributed by atoms with Crippen LogP contribution in [0.4, 0.5) is 14.5 Å². The lowest BCUT2D eigenvalue weighted by Crippen LogP contribution is -2.44. The molecule has 0 aliphatic heterocycles. The Hall–Kier alpha value is -2.35. The lowest BCUT2D eigenvalue weighted by Gasteiger charge is -2.33. The van der Waals surface area contributed by atoms with E-state index in [9.17, 15) is 18.4 Å². The molecule has 138 valence electrons. The van der Waals surface area contributed by atoms with Gasteiger partial charge in [-0.25, -0.2) is 13.8 Å². The lowest BCUT2D eigenvalue weighted by atomic mass is 9.82. The fourth-order valence-electron chi connectivity index (χ4n) is 2.70. The van der Waals surface area contributed by atoms with Crippen molar-refractivity contribution in [3.63, 3.8) is 0 Å². The first-order valence-corrected chi connectivity index (χ1v) is 9.10. The Bertz CT molecular complexity index is 862. The molecule has 0 atom stereocenters. The summed E-state index contributed by atoms with van der Waals surface area (Å²) in [5.41, 5.74) is -0.812. The first kappa shape index (κ1) is 18.4. The Kier molecular flexibility index (Phi) is 5.04. The highest BCUT2D eigenvalue weighted by Gasteiger charge is 2.37. The van der Waals surface area contributed by atoms with Gasteiger partial charge in [-0.1, -0.05) is 0 Å². The second-order valence-electron chi connectivity index (χ2n) is 6.53. The number of rotatable bonds is 5. The molecule has 1 fully saturated rings. The van der Waals surface area contributed by atoms with Crippen molar-refractivity contribution in [2.24, 2.45) is 0 Å². The minimum atomic E-state index is -1.39. The van der Waals surface area contributed by atoms with Crippen LogP contribution in [0, 0.1) is 19.7 Å². The van der Waals surface area contributed by atoms with Crippen molar-refractivity contribution in [1.82, 2.24) is 10.3 Å². The molecule has 2 amide bonds. The summed E-state index contributed by atoms with van der Waals surface area (Å²) >= 11 is 1.24. The molecule has 0 saturated heterocycles. The van der Waals surface area contributed by atoms with Gasteiger partial charge in [0, 0.05) is 5.69 Å². The predicted octanol–water partition coefficient (Wildman–Crippen LogP) is 3.77. The molecule has 3 rings (SSSR count). The Morgan fingerprint density at radius 2 is 2.00 bits per heavy atom. The number of anilines is 1. The summed E-state index contributed by atoms with van der Waals surface area (Å²) in [6.45, 7) is 3.27. The average Bonchev–Trinajstić information content (AvgIpc) is 3.00. The third-order valence-electron chi connectivity index (χ3n) is 4.47. The quantitative estimate of drug-likeness (QED) is 0.831. The Labute approximate surface area is 153 Å². The maximum atomic E-state index is 14.2. The van der Waals surface area contributed by atoms with Crippen LogP contribution in [0.25, 0.3) is 0 Å². The SMILES string of the molecule is Cc1ncc(C(=O)Nc2cc(C(=O)NCC3(F)CCC3)c(F)cc2C)s1. The number of nitrogens with one attached hydrogen (secondary N) is 2. The van der Waals surface area contributed by atoms with Crippen LogP contribution in [0.5, 0.6) is 0 Å². The van der Waals surface area contributed by atoms with Gasteiger partial charge in [-0.15, -0.1) is 11.3 Å². The van der Waals surface area contributed by atoms with Crippen LogP contribution in [-0.2, 0) is 0 Å². The molecule has 0 spiro atoms. The number of aryl methyl sites for hydroxylation is 2. The van der Waals surface area contributed by atoms with Crippen LogP contribution < -0.4 is 10.6 Å². The number of nitrogens with zero attached hydrogens (tertiary/aromatic N) is 1. The van der Waals surface area contributed by atoms with Crippen molar-refractivity contribution in [2.75, 3.05) is 11.9 Å². The fourth-order valence-corrected chi connectivity index (χ4v) is 3.38. The highest BCUT2D eigenvalue weighted by Crippen LogP contribution is 2.35. The molecular weight excluding hydrogens is 360 g/mol. The molecule has 1 aliphatic carbocycles. The summed E-state index contributed by atoms with van der Waals surface area (Å²) in [5, 5.41) is 5.86. The van der Waals surface area contributed by atoms with Gasteiger partial charge in [-0.2, -0.15) is 0 Å². The molecule has 0 unspecified atom stereocenters. The number of hydrogen-bond donors (Lipinski definition) is 2. The standard InChI is InChI=1S/C18H19F2N3O2S/c1-10-6-13(19)12(16(24)22-9-18(20)4-3-5-18)7-14(10)23-17(25)15-8-21-11(2)26-15/h6-8H,3-5,9H2,1-2H3,(H,22,24)(H,23,25). The summed E-state index contributed by atoms with van der Waals surface area (Å²) in [6, 6.07) is 2.45. The second kappa shape index (κ2) is 7.11. The van der Waals surface area contributed by atoms with Gasteiger partial charge in [0.2, 0.25) is 0 Å². The van der Waals surface area contributed by atoms with E-state index in [1.165, 1.54) is 29.7 Å². The molecule has 1 heterocycles. The number of benzene rings is 1. The van der Waals surface area contributed by atoms with Gasteiger partial charge in [0.25, 0.3) is 11.8 Å². The second-order valence-corrected chi connectivity index (χ2v) is 7.77. The molecule has 1 aliphatic rings. The molecule has 2 N–H and O–H groups in total. The number of carbonyl (C=O) groups excluding carboxylic acids is 2. The monoisotopic (exact) mass is 379 g/mol. The zero-order chi connectivity index (χ0) is 18.9. The molecule has 1 aromatic heterocycles. The van der Waals surface area contributed by atoms with Gasteiger partial charge in [-0.3, -0.25) is 9.59 Å². The van der Waals surface area contributed by atoms with E-state index in [1.54, 1.807) is 13.8 Å². The molecule has 1 saturated carbocycles. The normalized spacial score (nSPS) is 15.2. The van der Waals surface area contributed by atoms with E-state index in [2.05, 4.69) is 15.6 Å². The number of hydrogen-bond acceptors (Lipinski definition) is 4. The summed E-state index contributed by atoms with van der Waals surface area (Å²) in [6.07, 6.45) is 3.05. The van der Waals surface area contributed by atoms with Gasteiger partial charge in [0.05, 0.1) is 23.3 Å². The Morgan fingerprint density at radius 1 is 1.27 bits per heavy atom. The molecule has 1 aromatic carbocycles. The highest BCUT2D eigenvalue weighted by molar-refractivity contribution is 7.13. The topological polar surface area (TPSA) is 71.1 Å². The van der Waals surface area contributed by atoms with E-state index in [0.717, 1.165) is 11.4 Å². The van der Waals surface area contributed by atoms with Gasteiger partial charge >= 0.3 is 0 Å². The van der Waals surface area contributed by atoms with Crippen molar-refractivity contribution < 1.29 is 18.4 Å². The first-order valence-electron chi connectivity index (χ1n) is 8.28. The minimum Gasteiger partial charge on any atom is -0.349 e. The third kappa shape index (κ3) is 3.90. The van der Waals surface area contributed by atoms with E-state index in [1.807, 2.05) is 0 Å². The smallest absolute Gasteiger partial charge is 0.267 e. The van der Waals surface area contributed by atoms with E-state index in [-0.39, 0.29) is 18.0 Å². The van der Waals surface area contributed by atoms with Crippen molar-refractivity contribution in [2.45, 2.75) is 38.8 Å². The van der Waals surface area contributed by atoms with Crippen molar-refractivity contribution in [1.29, 1.82) is 0 Å². The van der Waals surface area contributed by atoms with Crippen LogP contribution >= 0.6 is 11.3 Å². The summed E-state index contributed by atoms with van der Waals surface area (Å²) in [7, 11) is 0. The molecule has 26 heavy (non-hydrogen) atoms. The summed E-state index contributed by atoms with van der Waals surface area (Å²) in [4.78, 5) is 28.9. The lowest BCUT2D eigenvalue weighted by molar-refractivity contribution is 0.0576. The van der Waals surface area contributed by atoms with E-state index < -0.39 is 17.4 Å². The van der Waals surface area contributed by atoms with Crippen LogP contribution in [0.2, 0.25) is 0 Å². The van der Waals surface area contributed by atoms with Crippen LogP contribution in [0.3, 0.4) is 0 Å². The number of alkyl halides is 1. The molecule has 5 nitrogen and oxygen atoms in total. The number of halogens is 2. The van der Waals surface area contributed by atoms with Crippen molar-refractivity contribution >= 4 is 28.8 Å². The number of carbonyl (C=O) groups is 2. The van der Waals surface area contributed by atoms with E-state index in [0.29, 0.717) is 29.0 Å². The predicted molar refractivity (Wildman–Crippen MR) is 96.0 cm³/mol. The summed E-state index contributed by atoms with van der Waals surface area (Å²) < 4.78 is 28.2.